The number of rotatable bonds is 6. The Hall–Kier alpha value is -1.27. The highest BCUT2D eigenvalue weighted by Gasteiger charge is 2.20. The molecule has 18 heavy (non-hydrogen) atoms. The van der Waals surface area contributed by atoms with E-state index in [0.717, 1.165) is 5.56 Å². The summed E-state index contributed by atoms with van der Waals surface area (Å²) in [7, 11) is -0.298. The normalized spacial score (nSPS) is 11.3. The summed E-state index contributed by atoms with van der Waals surface area (Å²) in [6.45, 7) is 2.27. The predicted octanol–water partition coefficient (Wildman–Crippen LogP) is 1.12. The Bertz CT molecular complexity index is 500. The molecule has 102 valence electrons. The molecule has 0 bridgehead atoms. The van der Waals surface area contributed by atoms with Crippen LogP contribution in [0.4, 0.5) is 5.69 Å². The second kappa shape index (κ2) is 6.06. The Balaban J connectivity index is 3.09. The lowest BCUT2D eigenvalue weighted by molar-refractivity contribution is 0.415. The number of nitrogens with zero attached hydrogens (tertiary/aromatic N) is 1. The van der Waals surface area contributed by atoms with Crippen LogP contribution in [0.2, 0.25) is 0 Å². The van der Waals surface area contributed by atoms with Crippen molar-refractivity contribution < 1.29 is 13.2 Å². The molecule has 0 radical (unpaired) electrons. The van der Waals surface area contributed by atoms with E-state index in [1.54, 1.807) is 12.1 Å². The smallest absolute Gasteiger partial charge is 0.235 e. The third-order valence-electron chi connectivity index (χ3n) is 2.70. The predicted molar refractivity (Wildman–Crippen MR) is 73.6 cm³/mol. The van der Waals surface area contributed by atoms with Crippen molar-refractivity contribution in [3.63, 3.8) is 0 Å². The first-order valence-corrected chi connectivity index (χ1v) is 7.34. The van der Waals surface area contributed by atoms with Gasteiger partial charge >= 0.3 is 0 Å². The van der Waals surface area contributed by atoms with Crippen molar-refractivity contribution in [2.75, 3.05) is 30.8 Å². The van der Waals surface area contributed by atoms with Crippen molar-refractivity contribution in [2.45, 2.75) is 13.3 Å². The Morgan fingerprint density at radius 3 is 2.61 bits per heavy atom. The topological polar surface area (TPSA) is 72.6 Å². The van der Waals surface area contributed by atoms with Crippen LogP contribution in [0.3, 0.4) is 0 Å². The lowest BCUT2D eigenvalue weighted by Gasteiger charge is -2.22. The second-order valence-electron chi connectivity index (χ2n) is 4.10. The van der Waals surface area contributed by atoms with Gasteiger partial charge in [0.15, 0.2) is 0 Å². The van der Waals surface area contributed by atoms with Gasteiger partial charge in [-0.2, -0.15) is 0 Å². The molecule has 0 saturated heterocycles. The summed E-state index contributed by atoms with van der Waals surface area (Å²) in [5.41, 5.74) is 6.88. The van der Waals surface area contributed by atoms with E-state index in [1.807, 2.05) is 13.0 Å². The number of hydrogen-bond donors (Lipinski definition) is 1. The maximum atomic E-state index is 12.1. The lowest BCUT2D eigenvalue weighted by atomic mass is 10.2. The quantitative estimate of drug-likeness (QED) is 0.842. The van der Waals surface area contributed by atoms with Crippen molar-refractivity contribution in [3.8, 4) is 5.75 Å². The molecule has 0 aliphatic rings. The highest BCUT2D eigenvalue weighted by Crippen LogP contribution is 2.30. The van der Waals surface area contributed by atoms with Crippen molar-refractivity contribution in [2.24, 2.45) is 5.73 Å². The molecule has 0 fully saturated rings. The molecule has 5 nitrogen and oxygen atoms in total. The van der Waals surface area contributed by atoms with Crippen LogP contribution in [-0.4, -0.2) is 34.9 Å². The summed E-state index contributed by atoms with van der Waals surface area (Å²) in [6.07, 6.45) is 0.445. The summed E-state index contributed by atoms with van der Waals surface area (Å²) >= 11 is 0. The average molecular weight is 272 g/mol. The summed E-state index contributed by atoms with van der Waals surface area (Å²) in [4.78, 5) is 0. The monoisotopic (exact) mass is 272 g/mol. The number of ether oxygens (including phenoxy) is 1. The van der Waals surface area contributed by atoms with E-state index in [0.29, 0.717) is 24.4 Å². The summed E-state index contributed by atoms with van der Waals surface area (Å²) in [5, 5.41) is 0. The first kappa shape index (κ1) is 14.8. The fourth-order valence-electron chi connectivity index (χ4n) is 1.60. The maximum Gasteiger partial charge on any atom is 0.235 e. The largest absolute Gasteiger partial charge is 0.495 e. The lowest BCUT2D eigenvalue weighted by Crippen LogP contribution is -2.30. The third-order valence-corrected chi connectivity index (χ3v) is 4.53. The van der Waals surface area contributed by atoms with Crippen molar-refractivity contribution in [1.82, 2.24) is 0 Å². The van der Waals surface area contributed by atoms with Crippen LogP contribution in [0.15, 0.2) is 18.2 Å². The fourth-order valence-corrected chi connectivity index (χ4v) is 2.85. The second-order valence-corrected chi connectivity index (χ2v) is 6.22. The maximum absolute atomic E-state index is 12.1. The summed E-state index contributed by atoms with van der Waals surface area (Å²) in [6, 6.07) is 5.43. The van der Waals surface area contributed by atoms with Gasteiger partial charge < -0.3 is 10.5 Å². The molecule has 0 spiro atoms. The van der Waals surface area contributed by atoms with Gasteiger partial charge in [0.1, 0.15) is 5.75 Å². The first-order chi connectivity index (χ1) is 8.42. The molecule has 1 rings (SSSR count). The number of anilines is 1. The fraction of sp³-hybridized carbons (Fsp3) is 0.500. The van der Waals surface area contributed by atoms with Crippen LogP contribution in [0, 0.1) is 6.92 Å². The van der Waals surface area contributed by atoms with Gasteiger partial charge in [0.2, 0.25) is 10.0 Å². The van der Waals surface area contributed by atoms with Crippen molar-refractivity contribution in [3.05, 3.63) is 23.8 Å². The molecule has 0 aliphatic heterocycles. The number of nitrogens with two attached hydrogens (primary N) is 1. The number of benzene rings is 1. The standard InChI is InChI=1S/C12H20N2O3S/c1-10-5-6-12(17-3)11(9-10)14(2)18(15,16)8-4-7-13/h5-6,9H,4,7-8,13H2,1-3H3. The summed E-state index contributed by atoms with van der Waals surface area (Å²) < 4.78 is 30.6. The van der Waals surface area contributed by atoms with Gasteiger partial charge in [0, 0.05) is 7.05 Å². The Labute approximate surface area is 109 Å². The van der Waals surface area contributed by atoms with Crippen LogP contribution in [0.25, 0.3) is 0 Å². The van der Waals surface area contributed by atoms with Crippen molar-refractivity contribution >= 4 is 15.7 Å². The van der Waals surface area contributed by atoms with Crippen molar-refractivity contribution in [1.29, 1.82) is 0 Å². The van der Waals surface area contributed by atoms with E-state index in [1.165, 1.54) is 18.5 Å². The van der Waals surface area contributed by atoms with E-state index >= 15 is 0 Å². The number of sulfonamides is 1. The van der Waals surface area contributed by atoms with Gasteiger partial charge in [-0.05, 0) is 37.6 Å². The zero-order valence-electron chi connectivity index (χ0n) is 11.0. The zero-order valence-corrected chi connectivity index (χ0v) is 11.8. The molecular weight excluding hydrogens is 252 g/mol. The first-order valence-electron chi connectivity index (χ1n) is 5.73. The van der Waals surface area contributed by atoms with Crippen LogP contribution in [-0.2, 0) is 10.0 Å². The Kier molecular flexibility index (Phi) is 4.98. The van der Waals surface area contributed by atoms with E-state index in [2.05, 4.69) is 0 Å². The Morgan fingerprint density at radius 1 is 1.39 bits per heavy atom. The van der Waals surface area contributed by atoms with Gasteiger partial charge in [-0.25, -0.2) is 8.42 Å². The molecule has 0 unspecified atom stereocenters. The van der Waals surface area contributed by atoms with Crippen LogP contribution >= 0.6 is 0 Å². The molecule has 0 amide bonds. The van der Waals surface area contributed by atoms with E-state index < -0.39 is 10.0 Å². The SMILES string of the molecule is COc1ccc(C)cc1N(C)S(=O)(=O)CCCN. The molecule has 0 aromatic heterocycles. The van der Waals surface area contributed by atoms with E-state index in [4.69, 9.17) is 10.5 Å². The average Bonchev–Trinajstić information content (AvgIpc) is 2.35. The molecule has 0 aliphatic carbocycles. The highest BCUT2D eigenvalue weighted by molar-refractivity contribution is 7.92. The molecule has 2 N–H and O–H groups in total. The number of methoxy groups -OCH3 is 1. The molecule has 0 heterocycles. The van der Waals surface area contributed by atoms with Crippen LogP contribution < -0.4 is 14.8 Å². The molecule has 0 atom stereocenters. The van der Waals surface area contributed by atoms with Gasteiger partial charge in [0.05, 0.1) is 18.6 Å². The molecular formula is C12H20N2O3S. The molecule has 1 aromatic carbocycles. The van der Waals surface area contributed by atoms with Gasteiger partial charge in [-0.1, -0.05) is 6.07 Å². The highest BCUT2D eigenvalue weighted by atomic mass is 32.2. The summed E-state index contributed by atoms with van der Waals surface area (Å²) in [5.74, 6) is 0.580. The van der Waals surface area contributed by atoms with Gasteiger partial charge in [-0.3, -0.25) is 4.31 Å². The minimum Gasteiger partial charge on any atom is -0.495 e. The third kappa shape index (κ3) is 3.36. The zero-order chi connectivity index (χ0) is 13.8. The molecule has 1 aromatic rings. The minimum atomic E-state index is -3.35. The number of hydrogen-bond acceptors (Lipinski definition) is 4. The number of aryl methyl sites for hydroxylation is 1. The molecule has 0 saturated carbocycles. The van der Waals surface area contributed by atoms with E-state index in [-0.39, 0.29) is 5.75 Å². The Morgan fingerprint density at radius 2 is 2.06 bits per heavy atom. The molecule has 6 heteroatoms. The van der Waals surface area contributed by atoms with E-state index in [9.17, 15) is 8.42 Å². The van der Waals surface area contributed by atoms with Crippen LogP contribution in [0.5, 0.6) is 5.75 Å². The minimum absolute atomic E-state index is 0.0388. The van der Waals surface area contributed by atoms with Gasteiger partial charge in [0.25, 0.3) is 0 Å². The van der Waals surface area contributed by atoms with Gasteiger partial charge in [-0.15, -0.1) is 0 Å². The van der Waals surface area contributed by atoms with Crippen LogP contribution in [0.1, 0.15) is 12.0 Å².